The molecule has 0 unspecified atom stereocenters. The van der Waals surface area contributed by atoms with Crippen LogP contribution in [0.2, 0.25) is 5.02 Å². The Morgan fingerprint density at radius 3 is 2.26 bits per heavy atom. The molecule has 2 fully saturated rings. The number of piperidine rings is 2. The van der Waals surface area contributed by atoms with Crippen LogP contribution in [0.25, 0.3) is 0 Å². The lowest BCUT2D eigenvalue weighted by Crippen LogP contribution is -2.44. The van der Waals surface area contributed by atoms with E-state index in [2.05, 4.69) is 20.5 Å². The third-order valence-electron chi connectivity index (χ3n) is 7.82. The van der Waals surface area contributed by atoms with Gasteiger partial charge in [0, 0.05) is 57.0 Å². The van der Waals surface area contributed by atoms with Gasteiger partial charge >= 0.3 is 6.09 Å². The number of carbonyl (C=O) groups is 3. The molecule has 5 rings (SSSR count). The number of aromatic nitrogens is 1. The molecule has 2 aliphatic heterocycles. The molecule has 2 saturated heterocycles. The Morgan fingerprint density at radius 1 is 0.891 bits per heavy atom. The summed E-state index contributed by atoms with van der Waals surface area (Å²) in [5.41, 5.74) is 1.20. The summed E-state index contributed by atoms with van der Waals surface area (Å²) in [4.78, 5) is 47.5. The van der Waals surface area contributed by atoms with E-state index in [0.29, 0.717) is 79.7 Å². The second-order valence-corrected chi connectivity index (χ2v) is 12.9. The molecule has 0 atom stereocenters. The van der Waals surface area contributed by atoms with Crippen molar-refractivity contribution in [2.45, 2.75) is 64.3 Å². The van der Waals surface area contributed by atoms with Gasteiger partial charge in [0.15, 0.2) is 0 Å². The standard InChI is InChI=1S/C34H40ClN5O6/c1-34(2,3)46-33(44)40-18-14-25(15-19-40)45-29-20-23(39-16-12-24(41)13-17-39)9-10-27(29)32(43)37-28-7-5-4-6-26(28)31(42)38-30-11-8-22(35)21-36-30/h4-11,20-21,24-25,41H,12-19H2,1-3H3,(H,37,43)(H,36,38,42). The third kappa shape index (κ3) is 8.67. The molecule has 3 amide bonds. The van der Waals surface area contributed by atoms with Crippen molar-refractivity contribution in [1.82, 2.24) is 9.88 Å². The molecule has 0 saturated carbocycles. The van der Waals surface area contributed by atoms with Crippen molar-refractivity contribution >= 4 is 46.7 Å². The molecule has 3 heterocycles. The number of aliphatic hydroxyl groups is 1. The van der Waals surface area contributed by atoms with E-state index >= 15 is 0 Å². The lowest BCUT2D eigenvalue weighted by molar-refractivity contribution is 0.0126. The number of amides is 3. The highest BCUT2D eigenvalue weighted by Crippen LogP contribution is 2.31. The fourth-order valence-corrected chi connectivity index (χ4v) is 5.50. The number of carbonyl (C=O) groups excluding carboxylic acids is 3. The summed E-state index contributed by atoms with van der Waals surface area (Å²) in [6.07, 6.45) is 2.99. The van der Waals surface area contributed by atoms with Crippen molar-refractivity contribution < 1.29 is 29.0 Å². The fourth-order valence-electron chi connectivity index (χ4n) is 5.39. The molecular formula is C34H40ClN5O6. The summed E-state index contributed by atoms with van der Waals surface area (Å²) >= 11 is 5.91. The summed E-state index contributed by atoms with van der Waals surface area (Å²) in [6, 6.07) is 15.4. The molecule has 11 nitrogen and oxygen atoms in total. The van der Waals surface area contributed by atoms with Gasteiger partial charge in [-0.2, -0.15) is 0 Å². The fraction of sp³-hybridized carbons (Fsp3) is 0.412. The van der Waals surface area contributed by atoms with Crippen molar-refractivity contribution in [3.63, 3.8) is 0 Å². The van der Waals surface area contributed by atoms with E-state index in [-0.39, 0.29) is 23.9 Å². The zero-order valence-corrected chi connectivity index (χ0v) is 27.0. The normalized spacial score (nSPS) is 16.1. The summed E-state index contributed by atoms with van der Waals surface area (Å²) < 4.78 is 12.0. The van der Waals surface area contributed by atoms with Crippen molar-refractivity contribution in [2.24, 2.45) is 0 Å². The van der Waals surface area contributed by atoms with Crippen LogP contribution in [-0.4, -0.2) is 76.9 Å². The van der Waals surface area contributed by atoms with Gasteiger partial charge in [0.2, 0.25) is 0 Å². The van der Waals surface area contributed by atoms with Crippen LogP contribution in [0.5, 0.6) is 5.75 Å². The number of para-hydroxylation sites is 1. The van der Waals surface area contributed by atoms with E-state index in [1.165, 1.54) is 6.20 Å². The highest BCUT2D eigenvalue weighted by molar-refractivity contribution is 6.30. The van der Waals surface area contributed by atoms with Gasteiger partial charge in [-0.1, -0.05) is 23.7 Å². The number of anilines is 3. The zero-order chi connectivity index (χ0) is 32.8. The molecule has 3 N–H and O–H groups in total. The van der Waals surface area contributed by atoms with E-state index in [9.17, 15) is 19.5 Å². The largest absolute Gasteiger partial charge is 0.489 e. The van der Waals surface area contributed by atoms with E-state index in [1.54, 1.807) is 47.4 Å². The first kappa shape index (κ1) is 33.0. The number of ether oxygens (including phenoxy) is 2. The van der Waals surface area contributed by atoms with Gasteiger partial charge in [-0.25, -0.2) is 9.78 Å². The first-order chi connectivity index (χ1) is 21.9. The molecule has 2 aromatic carbocycles. The van der Waals surface area contributed by atoms with Crippen molar-refractivity contribution in [1.29, 1.82) is 0 Å². The Labute approximate surface area is 273 Å². The number of hydrogen-bond acceptors (Lipinski definition) is 8. The Morgan fingerprint density at radius 2 is 1.59 bits per heavy atom. The Bertz CT molecular complexity index is 1540. The van der Waals surface area contributed by atoms with Gasteiger partial charge in [0.25, 0.3) is 11.8 Å². The van der Waals surface area contributed by atoms with Crippen LogP contribution in [0, 0.1) is 0 Å². The van der Waals surface area contributed by atoms with Crippen LogP contribution in [0.4, 0.5) is 22.0 Å². The van der Waals surface area contributed by atoms with Crippen LogP contribution in [0.3, 0.4) is 0 Å². The van der Waals surface area contributed by atoms with Crippen LogP contribution in [-0.2, 0) is 4.74 Å². The molecule has 2 aliphatic rings. The van der Waals surface area contributed by atoms with Crippen LogP contribution in [0.1, 0.15) is 67.2 Å². The molecule has 0 spiro atoms. The topological polar surface area (TPSA) is 133 Å². The Balaban J connectivity index is 1.34. The van der Waals surface area contributed by atoms with Crippen molar-refractivity contribution in [2.75, 3.05) is 41.7 Å². The minimum Gasteiger partial charge on any atom is -0.489 e. The minimum absolute atomic E-state index is 0.228. The minimum atomic E-state index is -0.580. The molecule has 46 heavy (non-hydrogen) atoms. The predicted molar refractivity (Wildman–Crippen MR) is 177 cm³/mol. The number of pyridine rings is 1. The Hall–Kier alpha value is -4.35. The van der Waals surface area contributed by atoms with Gasteiger partial charge in [0.05, 0.1) is 27.9 Å². The molecule has 0 aliphatic carbocycles. The average Bonchev–Trinajstić information content (AvgIpc) is 3.02. The van der Waals surface area contributed by atoms with E-state index in [0.717, 1.165) is 5.69 Å². The highest BCUT2D eigenvalue weighted by Gasteiger charge is 2.29. The predicted octanol–water partition coefficient (Wildman–Crippen LogP) is 5.98. The first-order valence-electron chi connectivity index (χ1n) is 15.5. The van der Waals surface area contributed by atoms with Gasteiger partial charge < -0.3 is 35.0 Å². The van der Waals surface area contributed by atoms with Crippen molar-refractivity contribution in [3.8, 4) is 5.75 Å². The average molecular weight is 650 g/mol. The van der Waals surface area contributed by atoms with Gasteiger partial charge in [-0.3, -0.25) is 9.59 Å². The van der Waals surface area contributed by atoms with Gasteiger partial charge in [0.1, 0.15) is 23.3 Å². The summed E-state index contributed by atoms with van der Waals surface area (Å²) in [5.74, 6) is -0.151. The second kappa shape index (κ2) is 14.4. The van der Waals surface area contributed by atoms with E-state index < -0.39 is 17.4 Å². The monoisotopic (exact) mass is 649 g/mol. The zero-order valence-electron chi connectivity index (χ0n) is 26.3. The number of hydrogen-bond donors (Lipinski definition) is 3. The summed E-state index contributed by atoms with van der Waals surface area (Å²) in [7, 11) is 0. The molecule has 244 valence electrons. The number of aliphatic hydroxyl groups excluding tert-OH is 1. The van der Waals surface area contributed by atoms with Crippen molar-refractivity contribution in [3.05, 3.63) is 76.9 Å². The maximum absolute atomic E-state index is 13.8. The van der Waals surface area contributed by atoms with Gasteiger partial charge in [-0.15, -0.1) is 0 Å². The first-order valence-corrected chi connectivity index (χ1v) is 15.9. The molecule has 1 aromatic heterocycles. The number of nitrogens with one attached hydrogen (secondary N) is 2. The van der Waals surface area contributed by atoms with Crippen LogP contribution in [0.15, 0.2) is 60.8 Å². The second-order valence-electron chi connectivity index (χ2n) is 12.5. The molecule has 12 heteroatoms. The number of benzene rings is 2. The maximum atomic E-state index is 13.8. The number of rotatable bonds is 7. The lowest BCUT2D eigenvalue weighted by Gasteiger charge is -2.34. The van der Waals surface area contributed by atoms with Crippen LogP contribution < -0.4 is 20.3 Å². The molecule has 0 radical (unpaired) electrons. The number of nitrogens with zero attached hydrogens (tertiary/aromatic N) is 3. The molecular weight excluding hydrogens is 610 g/mol. The maximum Gasteiger partial charge on any atom is 0.410 e. The van der Waals surface area contributed by atoms with Crippen LogP contribution >= 0.6 is 11.6 Å². The number of halogens is 1. The third-order valence-corrected chi connectivity index (χ3v) is 8.04. The quantitative estimate of drug-likeness (QED) is 0.285. The summed E-state index contributed by atoms with van der Waals surface area (Å²) in [6.45, 7) is 7.82. The van der Waals surface area contributed by atoms with Gasteiger partial charge in [-0.05, 0) is 70.0 Å². The van der Waals surface area contributed by atoms with E-state index in [4.69, 9.17) is 21.1 Å². The molecule has 3 aromatic rings. The smallest absolute Gasteiger partial charge is 0.410 e. The number of likely N-dealkylation sites (tertiary alicyclic amines) is 1. The SMILES string of the molecule is CC(C)(C)OC(=O)N1CCC(Oc2cc(N3CCC(O)CC3)ccc2C(=O)Nc2ccccc2C(=O)Nc2ccc(Cl)cn2)CC1. The highest BCUT2D eigenvalue weighted by atomic mass is 35.5. The lowest BCUT2D eigenvalue weighted by atomic mass is 10.0. The molecule has 0 bridgehead atoms. The summed E-state index contributed by atoms with van der Waals surface area (Å²) in [5, 5.41) is 16.1. The Kier molecular flexibility index (Phi) is 10.3. The van der Waals surface area contributed by atoms with E-state index in [1.807, 2.05) is 32.9 Å².